The smallest absolute Gasteiger partial charge is 0.0482 e. The monoisotopic (exact) mass is 233 g/mol. The maximum Gasteiger partial charge on any atom is 0.0482 e. The summed E-state index contributed by atoms with van der Waals surface area (Å²) in [6, 6.07) is 4.59. The summed E-state index contributed by atoms with van der Waals surface area (Å²) in [5.41, 5.74) is 5.68. The highest BCUT2D eigenvalue weighted by Crippen LogP contribution is 2.34. The highest BCUT2D eigenvalue weighted by molar-refractivity contribution is 5.27. The molecule has 3 nitrogen and oxygen atoms in total. The number of aromatic nitrogens is 1. The molecule has 0 aromatic carbocycles. The molecule has 1 aromatic rings. The fourth-order valence-corrected chi connectivity index (χ4v) is 2.89. The first kappa shape index (κ1) is 12.5. The molecule has 3 heteroatoms. The van der Waals surface area contributed by atoms with E-state index in [2.05, 4.69) is 30.3 Å². The molecule has 2 unspecified atom stereocenters. The van der Waals surface area contributed by atoms with Crippen molar-refractivity contribution in [2.45, 2.75) is 51.5 Å². The van der Waals surface area contributed by atoms with Gasteiger partial charge < -0.3 is 0 Å². The third kappa shape index (κ3) is 2.85. The first-order valence-electron chi connectivity index (χ1n) is 6.62. The summed E-state index contributed by atoms with van der Waals surface area (Å²) in [5.74, 6) is 6.87. The van der Waals surface area contributed by atoms with E-state index in [1.54, 1.807) is 0 Å². The summed E-state index contributed by atoms with van der Waals surface area (Å²) in [6.45, 7) is 4.49. The predicted molar refractivity (Wildman–Crippen MR) is 70.5 cm³/mol. The van der Waals surface area contributed by atoms with Crippen molar-refractivity contribution in [1.82, 2.24) is 10.4 Å². The largest absolute Gasteiger partial charge is 0.271 e. The number of hydrogen-bond donors (Lipinski definition) is 2. The van der Waals surface area contributed by atoms with Crippen LogP contribution in [0, 0.1) is 5.92 Å². The van der Waals surface area contributed by atoms with Crippen LogP contribution in [0.25, 0.3) is 0 Å². The summed E-state index contributed by atoms with van der Waals surface area (Å²) in [4.78, 5) is 4.58. The van der Waals surface area contributed by atoms with Crippen molar-refractivity contribution in [2.75, 3.05) is 0 Å². The van der Waals surface area contributed by atoms with Crippen LogP contribution in [0.2, 0.25) is 0 Å². The minimum Gasteiger partial charge on any atom is -0.271 e. The summed E-state index contributed by atoms with van der Waals surface area (Å²) < 4.78 is 0. The van der Waals surface area contributed by atoms with E-state index >= 15 is 0 Å². The van der Waals surface area contributed by atoms with E-state index in [9.17, 15) is 0 Å². The summed E-state index contributed by atoms with van der Waals surface area (Å²) in [7, 11) is 0. The zero-order chi connectivity index (χ0) is 12.3. The maximum absolute atomic E-state index is 5.73. The van der Waals surface area contributed by atoms with Crippen LogP contribution in [0.1, 0.15) is 50.3 Å². The molecule has 0 saturated heterocycles. The number of pyridine rings is 1. The highest BCUT2D eigenvalue weighted by Gasteiger charge is 2.28. The van der Waals surface area contributed by atoms with Crippen molar-refractivity contribution in [3.05, 3.63) is 29.6 Å². The van der Waals surface area contributed by atoms with Gasteiger partial charge in [-0.05, 0) is 43.2 Å². The minimum absolute atomic E-state index is 0.351. The molecule has 0 spiro atoms. The van der Waals surface area contributed by atoms with Crippen molar-refractivity contribution in [3.63, 3.8) is 0 Å². The van der Waals surface area contributed by atoms with E-state index in [4.69, 9.17) is 5.84 Å². The van der Waals surface area contributed by atoms with Gasteiger partial charge in [0.15, 0.2) is 0 Å². The molecular formula is C14H23N3. The van der Waals surface area contributed by atoms with Gasteiger partial charge in [-0.15, -0.1) is 0 Å². The van der Waals surface area contributed by atoms with Crippen molar-refractivity contribution in [2.24, 2.45) is 11.8 Å². The quantitative estimate of drug-likeness (QED) is 0.620. The Labute approximate surface area is 104 Å². The second kappa shape index (κ2) is 5.61. The first-order valence-corrected chi connectivity index (χ1v) is 6.62. The minimum atomic E-state index is 0.351. The molecule has 17 heavy (non-hydrogen) atoms. The van der Waals surface area contributed by atoms with Gasteiger partial charge in [0, 0.05) is 23.9 Å². The van der Waals surface area contributed by atoms with Crippen LogP contribution in [0.5, 0.6) is 0 Å². The molecule has 3 N–H and O–H groups in total. The number of nitrogens with one attached hydrogen (secondary N) is 1. The lowest BCUT2D eigenvalue weighted by molar-refractivity contribution is 0.337. The number of nitrogens with zero attached hydrogens (tertiary/aromatic N) is 1. The van der Waals surface area contributed by atoms with Crippen LogP contribution >= 0.6 is 0 Å². The van der Waals surface area contributed by atoms with E-state index < -0.39 is 0 Å². The van der Waals surface area contributed by atoms with Crippen LogP contribution in [-0.4, -0.2) is 11.0 Å². The molecule has 0 fully saturated rings. The van der Waals surface area contributed by atoms with E-state index in [1.807, 2.05) is 12.3 Å². The standard InChI is InChI=1S/C14H23N3/c1-10(2)9-13(17-15)12-7-3-5-11-6-4-8-16-14(11)12/h4,6,8,10,12-13,17H,3,5,7,9,15H2,1-2H3. The van der Waals surface area contributed by atoms with E-state index in [-0.39, 0.29) is 0 Å². The van der Waals surface area contributed by atoms with Gasteiger partial charge in [-0.3, -0.25) is 16.3 Å². The lowest BCUT2D eigenvalue weighted by Gasteiger charge is -2.31. The van der Waals surface area contributed by atoms with Gasteiger partial charge in [0.2, 0.25) is 0 Å². The SMILES string of the molecule is CC(C)CC(NN)C1CCCc2cccnc21. The van der Waals surface area contributed by atoms with Crippen LogP contribution in [0.4, 0.5) is 0 Å². The van der Waals surface area contributed by atoms with Gasteiger partial charge in [0.25, 0.3) is 0 Å². The Morgan fingerprint density at radius 3 is 3.06 bits per heavy atom. The zero-order valence-corrected chi connectivity index (χ0v) is 10.8. The summed E-state index contributed by atoms with van der Waals surface area (Å²) in [6.07, 6.45) is 6.63. The highest BCUT2D eigenvalue weighted by atomic mass is 15.2. The average molecular weight is 233 g/mol. The summed E-state index contributed by atoms with van der Waals surface area (Å²) in [5, 5.41) is 0. The average Bonchev–Trinajstić information content (AvgIpc) is 2.35. The van der Waals surface area contributed by atoms with Crippen molar-refractivity contribution >= 4 is 0 Å². The number of nitrogens with two attached hydrogens (primary N) is 1. The Bertz CT molecular complexity index is 362. The molecule has 0 saturated carbocycles. The maximum atomic E-state index is 5.73. The van der Waals surface area contributed by atoms with Crippen molar-refractivity contribution < 1.29 is 0 Å². The van der Waals surface area contributed by atoms with E-state index in [1.165, 1.54) is 30.5 Å². The Balaban J connectivity index is 2.21. The zero-order valence-electron chi connectivity index (χ0n) is 10.8. The second-order valence-corrected chi connectivity index (χ2v) is 5.45. The number of fused-ring (bicyclic) bond motifs is 1. The number of aryl methyl sites for hydroxylation is 1. The van der Waals surface area contributed by atoms with E-state index in [0.717, 1.165) is 6.42 Å². The van der Waals surface area contributed by atoms with Crippen LogP contribution < -0.4 is 11.3 Å². The number of hydrogen-bond acceptors (Lipinski definition) is 3. The Kier molecular flexibility index (Phi) is 4.13. The molecule has 2 atom stereocenters. The summed E-state index contributed by atoms with van der Waals surface area (Å²) >= 11 is 0. The first-order chi connectivity index (χ1) is 8.22. The predicted octanol–water partition coefficient (Wildman–Crippen LogP) is 2.38. The molecule has 2 rings (SSSR count). The van der Waals surface area contributed by atoms with Gasteiger partial charge in [-0.1, -0.05) is 19.9 Å². The molecule has 1 aromatic heterocycles. The van der Waals surface area contributed by atoms with Gasteiger partial charge in [-0.2, -0.15) is 0 Å². The Morgan fingerprint density at radius 2 is 2.35 bits per heavy atom. The Hall–Kier alpha value is -0.930. The molecule has 0 radical (unpaired) electrons. The molecule has 1 heterocycles. The molecule has 0 bridgehead atoms. The molecule has 1 aliphatic carbocycles. The third-order valence-electron chi connectivity index (χ3n) is 3.66. The van der Waals surface area contributed by atoms with Gasteiger partial charge in [0.1, 0.15) is 0 Å². The molecule has 94 valence electrons. The topological polar surface area (TPSA) is 50.9 Å². The molecule has 0 amide bonds. The normalized spacial score (nSPS) is 21.3. The van der Waals surface area contributed by atoms with Gasteiger partial charge in [-0.25, -0.2) is 0 Å². The number of hydrazine groups is 1. The second-order valence-electron chi connectivity index (χ2n) is 5.45. The molecular weight excluding hydrogens is 210 g/mol. The van der Waals surface area contributed by atoms with Crippen molar-refractivity contribution in [1.29, 1.82) is 0 Å². The lowest BCUT2D eigenvalue weighted by Crippen LogP contribution is -2.42. The number of rotatable bonds is 4. The van der Waals surface area contributed by atoms with Gasteiger partial charge in [0.05, 0.1) is 0 Å². The van der Waals surface area contributed by atoms with Gasteiger partial charge >= 0.3 is 0 Å². The van der Waals surface area contributed by atoms with Crippen molar-refractivity contribution in [3.8, 4) is 0 Å². The fraction of sp³-hybridized carbons (Fsp3) is 0.643. The molecule has 1 aliphatic rings. The lowest BCUT2D eigenvalue weighted by atomic mass is 9.79. The third-order valence-corrected chi connectivity index (χ3v) is 3.66. The van der Waals surface area contributed by atoms with Crippen LogP contribution in [0.15, 0.2) is 18.3 Å². The van der Waals surface area contributed by atoms with E-state index in [0.29, 0.717) is 17.9 Å². The molecule has 0 aliphatic heterocycles. The van der Waals surface area contributed by atoms with Crippen LogP contribution in [-0.2, 0) is 6.42 Å². The fourth-order valence-electron chi connectivity index (χ4n) is 2.89. The van der Waals surface area contributed by atoms with Crippen LogP contribution in [0.3, 0.4) is 0 Å². The Morgan fingerprint density at radius 1 is 1.53 bits per heavy atom.